The van der Waals surface area contributed by atoms with Gasteiger partial charge in [-0.3, -0.25) is 5.01 Å². The molecule has 4 nitrogen and oxygen atoms in total. The van der Waals surface area contributed by atoms with Crippen LogP contribution < -0.4 is 11.2 Å². The number of urea groups is 1. The molecule has 3 N–H and O–H groups in total. The lowest BCUT2D eigenvalue weighted by atomic mass is 10.2. The van der Waals surface area contributed by atoms with Gasteiger partial charge in [-0.05, 0) is 12.8 Å². The highest BCUT2D eigenvalue weighted by atomic mass is 35.5. The van der Waals surface area contributed by atoms with Gasteiger partial charge in [0.2, 0.25) is 0 Å². The molecule has 0 radical (unpaired) electrons. The molecule has 1 heterocycles. The second kappa shape index (κ2) is 5.21. The maximum atomic E-state index is 10.6. The zero-order chi connectivity index (χ0) is 7.40. The minimum absolute atomic E-state index is 0. The molecule has 11 heavy (non-hydrogen) atoms. The second-order valence-electron chi connectivity index (χ2n) is 2.46. The van der Waals surface area contributed by atoms with Gasteiger partial charge in [-0.1, -0.05) is 6.42 Å². The zero-order valence-corrected chi connectivity index (χ0v) is 7.19. The number of primary amides is 1. The average Bonchev–Trinajstić information content (AvgIpc) is 2.12. The molecule has 0 unspecified atom stereocenters. The van der Waals surface area contributed by atoms with Crippen LogP contribution in [0.1, 0.15) is 19.3 Å². The molecule has 0 atom stereocenters. The first-order valence-corrected chi connectivity index (χ1v) is 3.61. The van der Waals surface area contributed by atoms with E-state index in [1.54, 1.807) is 0 Å². The fraction of sp³-hybridized carbons (Fsp3) is 0.833. The third kappa shape index (κ3) is 3.43. The van der Waals surface area contributed by atoms with Crippen LogP contribution in [0.5, 0.6) is 0 Å². The van der Waals surface area contributed by atoms with Gasteiger partial charge in [0.15, 0.2) is 0 Å². The number of nitrogens with two attached hydrogens (primary N) is 1. The molecule has 1 fully saturated rings. The molecule has 0 bridgehead atoms. The molecule has 5 heteroatoms. The van der Waals surface area contributed by atoms with E-state index in [9.17, 15) is 4.79 Å². The minimum atomic E-state index is -0.373. The molecule has 2 amide bonds. The lowest BCUT2D eigenvalue weighted by molar-refractivity contribution is 0.185. The largest absolute Gasteiger partial charge is 0.350 e. The van der Waals surface area contributed by atoms with Crippen molar-refractivity contribution in [1.82, 2.24) is 10.4 Å². The third-order valence-electron chi connectivity index (χ3n) is 1.63. The predicted octanol–water partition coefficient (Wildman–Crippen LogP) is 0.477. The van der Waals surface area contributed by atoms with Crippen LogP contribution in [0, 0.1) is 0 Å². The van der Waals surface area contributed by atoms with Gasteiger partial charge in [0, 0.05) is 13.1 Å². The Labute approximate surface area is 72.5 Å². The van der Waals surface area contributed by atoms with Gasteiger partial charge in [-0.2, -0.15) is 0 Å². The number of hydrogen-bond acceptors (Lipinski definition) is 2. The molecular formula is C6H14ClN3O. The Morgan fingerprint density at radius 3 is 2.73 bits per heavy atom. The summed E-state index contributed by atoms with van der Waals surface area (Å²) in [6.45, 7) is 1.61. The molecule has 1 aliphatic rings. The summed E-state index contributed by atoms with van der Waals surface area (Å²) in [6.07, 6.45) is 3.36. The van der Waals surface area contributed by atoms with Crippen LogP contribution in [-0.4, -0.2) is 24.1 Å². The normalized spacial score (nSPS) is 18.4. The molecule has 0 aromatic rings. The van der Waals surface area contributed by atoms with Gasteiger partial charge in [-0.25, -0.2) is 10.2 Å². The van der Waals surface area contributed by atoms with E-state index in [0.717, 1.165) is 25.9 Å². The number of nitrogens with one attached hydrogen (secondary N) is 1. The first-order chi connectivity index (χ1) is 4.80. The molecule has 1 aliphatic heterocycles. The Kier molecular flexibility index (Phi) is 4.98. The number of rotatable bonds is 0. The predicted molar refractivity (Wildman–Crippen MR) is 45.4 cm³/mol. The van der Waals surface area contributed by atoms with Gasteiger partial charge in [0.1, 0.15) is 0 Å². The fourth-order valence-electron chi connectivity index (χ4n) is 1.05. The van der Waals surface area contributed by atoms with E-state index in [4.69, 9.17) is 5.73 Å². The molecular weight excluding hydrogens is 166 g/mol. The summed E-state index contributed by atoms with van der Waals surface area (Å²) >= 11 is 0. The minimum Gasteiger partial charge on any atom is -0.350 e. The van der Waals surface area contributed by atoms with Crippen molar-refractivity contribution >= 4 is 18.4 Å². The van der Waals surface area contributed by atoms with Gasteiger partial charge < -0.3 is 5.73 Å². The van der Waals surface area contributed by atoms with Crippen molar-refractivity contribution in [2.45, 2.75) is 19.3 Å². The first-order valence-electron chi connectivity index (χ1n) is 3.61. The number of halogens is 1. The van der Waals surface area contributed by atoms with Crippen LogP contribution in [-0.2, 0) is 0 Å². The summed E-state index contributed by atoms with van der Waals surface area (Å²) in [4.78, 5) is 10.6. The van der Waals surface area contributed by atoms with Crippen molar-refractivity contribution in [3.05, 3.63) is 0 Å². The topological polar surface area (TPSA) is 58.4 Å². The lowest BCUT2D eigenvalue weighted by Gasteiger charge is -2.17. The number of amides is 2. The van der Waals surface area contributed by atoms with Gasteiger partial charge in [-0.15, -0.1) is 12.4 Å². The maximum Gasteiger partial charge on any atom is 0.329 e. The molecule has 0 spiro atoms. The van der Waals surface area contributed by atoms with E-state index in [0.29, 0.717) is 0 Å². The second-order valence-corrected chi connectivity index (χ2v) is 2.46. The van der Waals surface area contributed by atoms with Crippen LogP contribution in [0.25, 0.3) is 0 Å². The van der Waals surface area contributed by atoms with Crippen LogP contribution in [0.2, 0.25) is 0 Å². The standard InChI is InChI=1S/C6H13N3O.ClH/c7-6(10)9-5-3-1-2-4-8-9;/h8H,1-5H2,(H2,7,10);1H. The van der Waals surface area contributed by atoms with Crippen molar-refractivity contribution in [3.8, 4) is 0 Å². The molecule has 1 saturated heterocycles. The van der Waals surface area contributed by atoms with E-state index in [2.05, 4.69) is 5.43 Å². The monoisotopic (exact) mass is 179 g/mol. The van der Waals surface area contributed by atoms with Crippen LogP contribution in [0.15, 0.2) is 0 Å². The van der Waals surface area contributed by atoms with Crippen LogP contribution in [0.3, 0.4) is 0 Å². The van der Waals surface area contributed by atoms with Gasteiger partial charge in [0.25, 0.3) is 0 Å². The summed E-state index contributed by atoms with van der Waals surface area (Å²) in [7, 11) is 0. The summed E-state index contributed by atoms with van der Waals surface area (Å²) < 4.78 is 0. The highest BCUT2D eigenvalue weighted by molar-refractivity contribution is 5.85. The molecule has 1 rings (SSSR count). The maximum absolute atomic E-state index is 10.6. The van der Waals surface area contributed by atoms with E-state index in [1.165, 1.54) is 11.4 Å². The van der Waals surface area contributed by atoms with Crippen LogP contribution in [0.4, 0.5) is 4.79 Å². The molecule has 0 aromatic heterocycles. The van der Waals surface area contributed by atoms with Crippen molar-refractivity contribution in [1.29, 1.82) is 0 Å². The van der Waals surface area contributed by atoms with Gasteiger partial charge >= 0.3 is 6.03 Å². The zero-order valence-electron chi connectivity index (χ0n) is 6.38. The van der Waals surface area contributed by atoms with E-state index >= 15 is 0 Å². The van der Waals surface area contributed by atoms with Gasteiger partial charge in [0.05, 0.1) is 0 Å². The van der Waals surface area contributed by atoms with E-state index in [1.807, 2.05) is 0 Å². The van der Waals surface area contributed by atoms with Crippen molar-refractivity contribution in [2.75, 3.05) is 13.1 Å². The number of hydrazine groups is 1. The van der Waals surface area contributed by atoms with Crippen molar-refractivity contribution < 1.29 is 4.79 Å². The quantitative estimate of drug-likeness (QED) is 0.568. The average molecular weight is 180 g/mol. The Hall–Kier alpha value is -0.480. The Balaban J connectivity index is 0.000001000. The van der Waals surface area contributed by atoms with E-state index in [-0.39, 0.29) is 18.4 Å². The Morgan fingerprint density at radius 1 is 1.36 bits per heavy atom. The third-order valence-corrected chi connectivity index (χ3v) is 1.63. The smallest absolute Gasteiger partial charge is 0.329 e. The first kappa shape index (κ1) is 10.5. The van der Waals surface area contributed by atoms with Crippen LogP contribution >= 0.6 is 12.4 Å². The SMILES string of the molecule is Cl.NC(=O)N1CCCCCN1. The summed E-state index contributed by atoms with van der Waals surface area (Å²) in [5, 5.41) is 1.48. The number of hydrogen-bond donors (Lipinski definition) is 2. The summed E-state index contributed by atoms with van der Waals surface area (Å²) in [5.41, 5.74) is 8.00. The molecule has 0 aliphatic carbocycles. The highest BCUT2D eigenvalue weighted by Crippen LogP contribution is 2.00. The number of nitrogens with zero attached hydrogens (tertiary/aromatic N) is 1. The Morgan fingerprint density at radius 2 is 2.09 bits per heavy atom. The molecule has 0 saturated carbocycles. The number of carbonyl (C=O) groups excluding carboxylic acids is 1. The Bertz CT molecular complexity index is 123. The van der Waals surface area contributed by atoms with E-state index < -0.39 is 0 Å². The highest BCUT2D eigenvalue weighted by Gasteiger charge is 2.10. The molecule has 0 aromatic carbocycles. The summed E-state index contributed by atoms with van der Waals surface area (Å²) in [6, 6.07) is -0.373. The molecule has 66 valence electrons. The summed E-state index contributed by atoms with van der Waals surface area (Å²) in [5.74, 6) is 0. The van der Waals surface area contributed by atoms with Crippen molar-refractivity contribution in [3.63, 3.8) is 0 Å². The lowest BCUT2D eigenvalue weighted by Crippen LogP contribution is -2.45. The number of carbonyl (C=O) groups is 1. The van der Waals surface area contributed by atoms with Crippen molar-refractivity contribution in [2.24, 2.45) is 5.73 Å². The fourth-order valence-corrected chi connectivity index (χ4v) is 1.05.